The molecule has 0 atom stereocenters. The predicted molar refractivity (Wildman–Crippen MR) is 107 cm³/mol. The molecular formula is C19H21Cl2N3O3. The molecule has 0 radical (unpaired) electrons. The van der Waals surface area contributed by atoms with Crippen molar-refractivity contribution >= 4 is 40.7 Å². The van der Waals surface area contributed by atoms with Crippen LogP contribution >= 0.6 is 23.2 Å². The number of anilines is 1. The van der Waals surface area contributed by atoms with Gasteiger partial charge in [0.2, 0.25) is 11.8 Å². The van der Waals surface area contributed by atoms with E-state index in [1.165, 1.54) is 7.11 Å². The summed E-state index contributed by atoms with van der Waals surface area (Å²) in [6, 6.07) is 12.2. The number of nitrogens with zero attached hydrogens (tertiary/aromatic N) is 1. The maximum atomic E-state index is 12.2. The van der Waals surface area contributed by atoms with Gasteiger partial charge in [-0.1, -0.05) is 35.3 Å². The predicted octanol–water partition coefficient (Wildman–Crippen LogP) is 3.19. The Morgan fingerprint density at radius 3 is 2.44 bits per heavy atom. The second kappa shape index (κ2) is 10.2. The molecule has 27 heavy (non-hydrogen) atoms. The van der Waals surface area contributed by atoms with E-state index in [4.69, 9.17) is 27.9 Å². The lowest BCUT2D eigenvalue weighted by molar-refractivity contribution is -0.123. The molecule has 2 aromatic carbocycles. The van der Waals surface area contributed by atoms with Crippen molar-refractivity contribution in [2.75, 3.05) is 32.6 Å². The van der Waals surface area contributed by atoms with Gasteiger partial charge in [-0.25, -0.2) is 0 Å². The number of hydrogen-bond acceptors (Lipinski definition) is 4. The van der Waals surface area contributed by atoms with Crippen LogP contribution < -0.4 is 15.4 Å². The maximum Gasteiger partial charge on any atom is 0.238 e. The minimum absolute atomic E-state index is 0.0419. The average Bonchev–Trinajstić information content (AvgIpc) is 2.60. The van der Waals surface area contributed by atoms with Crippen molar-refractivity contribution in [3.8, 4) is 5.75 Å². The van der Waals surface area contributed by atoms with Crippen LogP contribution in [0.1, 0.15) is 5.56 Å². The number of likely N-dealkylation sites (N-methyl/N-ethyl adjacent to an activating group) is 1. The molecule has 2 N–H and O–H groups in total. The lowest BCUT2D eigenvalue weighted by Crippen LogP contribution is -2.38. The van der Waals surface area contributed by atoms with Gasteiger partial charge in [-0.3, -0.25) is 14.5 Å². The molecule has 2 rings (SSSR count). The first-order valence-corrected chi connectivity index (χ1v) is 8.96. The summed E-state index contributed by atoms with van der Waals surface area (Å²) < 4.78 is 5.19. The summed E-state index contributed by atoms with van der Waals surface area (Å²) in [6.07, 6.45) is 0. The van der Waals surface area contributed by atoms with Crippen LogP contribution in [-0.2, 0) is 16.1 Å². The fourth-order valence-electron chi connectivity index (χ4n) is 2.42. The van der Waals surface area contributed by atoms with E-state index in [1.807, 2.05) is 12.1 Å². The Balaban J connectivity index is 1.80. The van der Waals surface area contributed by atoms with Crippen LogP contribution in [0.3, 0.4) is 0 Å². The van der Waals surface area contributed by atoms with Crippen molar-refractivity contribution < 1.29 is 14.3 Å². The molecule has 0 unspecified atom stereocenters. The van der Waals surface area contributed by atoms with E-state index in [2.05, 4.69) is 10.6 Å². The van der Waals surface area contributed by atoms with Crippen LogP contribution in [0.5, 0.6) is 5.75 Å². The highest BCUT2D eigenvalue weighted by Gasteiger charge is 2.13. The van der Waals surface area contributed by atoms with Crippen molar-refractivity contribution in [3.63, 3.8) is 0 Å². The van der Waals surface area contributed by atoms with Gasteiger partial charge in [-0.05, 0) is 42.9 Å². The zero-order valence-electron chi connectivity index (χ0n) is 15.1. The maximum absolute atomic E-state index is 12.2. The summed E-state index contributed by atoms with van der Waals surface area (Å²) in [5, 5.41) is 6.63. The number of nitrogens with one attached hydrogen (secondary N) is 2. The Labute approximate surface area is 168 Å². The molecule has 2 aromatic rings. The summed E-state index contributed by atoms with van der Waals surface area (Å²) in [5.74, 6) is 0.0426. The third kappa shape index (κ3) is 7.09. The van der Waals surface area contributed by atoms with Gasteiger partial charge in [0.25, 0.3) is 0 Å². The van der Waals surface area contributed by atoms with Gasteiger partial charge in [0.05, 0.1) is 25.9 Å². The molecule has 0 saturated carbocycles. The molecule has 0 bridgehead atoms. The summed E-state index contributed by atoms with van der Waals surface area (Å²) >= 11 is 11.9. The monoisotopic (exact) mass is 409 g/mol. The standard InChI is InChI=1S/C19H21Cl2N3O3/c1-24(11-18(25)22-10-13-4-3-5-14(20)8-13)12-19(26)23-16-9-15(21)6-7-17(16)27-2/h3-9H,10-12H2,1-2H3,(H,22,25)(H,23,26). The number of benzene rings is 2. The molecule has 0 aromatic heterocycles. The molecule has 0 heterocycles. The summed E-state index contributed by atoms with van der Waals surface area (Å²) in [7, 11) is 3.20. The number of rotatable bonds is 8. The molecule has 0 fully saturated rings. The summed E-state index contributed by atoms with van der Waals surface area (Å²) in [5.41, 5.74) is 1.39. The highest BCUT2D eigenvalue weighted by Crippen LogP contribution is 2.27. The van der Waals surface area contributed by atoms with Gasteiger partial charge < -0.3 is 15.4 Å². The fraction of sp³-hybridized carbons (Fsp3) is 0.263. The number of halogens is 2. The van der Waals surface area contributed by atoms with Gasteiger partial charge >= 0.3 is 0 Å². The lowest BCUT2D eigenvalue weighted by Gasteiger charge is -2.17. The first kappa shape index (κ1) is 21.0. The quantitative estimate of drug-likeness (QED) is 0.702. The molecule has 0 aliphatic rings. The number of carbonyl (C=O) groups excluding carboxylic acids is 2. The van der Waals surface area contributed by atoms with Crippen molar-refractivity contribution in [1.29, 1.82) is 0 Å². The molecule has 0 aliphatic heterocycles. The Morgan fingerprint density at radius 1 is 1.04 bits per heavy atom. The molecule has 8 heteroatoms. The van der Waals surface area contributed by atoms with Crippen LogP contribution in [-0.4, -0.2) is 44.0 Å². The van der Waals surface area contributed by atoms with E-state index in [0.717, 1.165) is 5.56 Å². The zero-order valence-corrected chi connectivity index (χ0v) is 16.6. The SMILES string of the molecule is COc1ccc(Cl)cc1NC(=O)CN(C)CC(=O)NCc1cccc(Cl)c1. The fourth-order valence-corrected chi connectivity index (χ4v) is 2.80. The smallest absolute Gasteiger partial charge is 0.238 e. The van der Waals surface area contributed by atoms with Crippen LogP contribution in [0, 0.1) is 0 Å². The molecule has 0 spiro atoms. The van der Waals surface area contributed by atoms with Gasteiger partial charge in [-0.2, -0.15) is 0 Å². The second-order valence-electron chi connectivity index (χ2n) is 5.97. The van der Waals surface area contributed by atoms with E-state index < -0.39 is 0 Å². The Bertz CT molecular complexity index is 815. The van der Waals surface area contributed by atoms with Crippen LogP contribution in [0.15, 0.2) is 42.5 Å². The number of amides is 2. The Kier molecular flexibility index (Phi) is 7.91. The third-order valence-corrected chi connectivity index (χ3v) is 4.11. The minimum Gasteiger partial charge on any atom is -0.495 e. The van der Waals surface area contributed by atoms with Crippen LogP contribution in [0.25, 0.3) is 0 Å². The number of methoxy groups -OCH3 is 1. The average molecular weight is 410 g/mol. The Morgan fingerprint density at radius 2 is 1.74 bits per heavy atom. The van der Waals surface area contributed by atoms with E-state index in [0.29, 0.717) is 28.0 Å². The van der Waals surface area contributed by atoms with Gasteiger partial charge in [0.1, 0.15) is 5.75 Å². The van der Waals surface area contributed by atoms with Crippen LogP contribution in [0.2, 0.25) is 10.0 Å². The molecule has 6 nitrogen and oxygen atoms in total. The molecule has 0 saturated heterocycles. The van der Waals surface area contributed by atoms with E-state index >= 15 is 0 Å². The first-order chi connectivity index (χ1) is 12.9. The molecule has 0 aliphatic carbocycles. The lowest BCUT2D eigenvalue weighted by atomic mass is 10.2. The zero-order chi connectivity index (χ0) is 19.8. The first-order valence-electron chi connectivity index (χ1n) is 8.20. The van der Waals surface area contributed by atoms with Crippen molar-refractivity contribution in [1.82, 2.24) is 10.2 Å². The van der Waals surface area contributed by atoms with E-state index in [1.54, 1.807) is 42.3 Å². The topological polar surface area (TPSA) is 70.7 Å². The third-order valence-electron chi connectivity index (χ3n) is 3.64. The van der Waals surface area contributed by atoms with Crippen LogP contribution in [0.4, 0.5) is 5.69 Å². The largest absolute Gasteiger partial charge is 0.495 e. The minimum atomic E-state index is -0.277. The van der Waals surface area contributed by atoms with E-state index in [9.17, 15) is 9.59 Å². The molecular weight excluding hydrogens is 389 g/mol. The van der Waals surface area contributed by atoms with Crippen molar-refractivity contribution in [3.05, 3.63) is 58.1 Å². The highest BCUT2D eigenvalue weighted by molar-refractivity contribution is 6.31. The van der Waals surface area contributed by atoms with E-state index in [-0.39, 0.29) is 24.9 Å². The van der Waals surface area contributed by atoms with Gasteiger partial charge in [0, 0.05) is 16.6 Å². The van der Waals surface area contributed by atoms with Gasteiger partial charge in [-0.15, -0.1) is 0 Å². The number of ether oxygens (including phenoxy) is 1. The second-order valence-corrected chi connectivity index (χ2v) is 6.84. The number of carbonyl (C=O) groups is 2. The summed E-state index contributed by atoms with van der Waals surface area (Å²) in [6.45, 7) is 0.500. The van der Waals surface area contributed by atoms with Crippen molar-refractivity contribution in [2.24, 2.45) is 0 Å². The molecule has 144 valence electrons. The van der Waals surface area contributed by atoms with Crippen molar-refractivity contribution in [2.45, 2.75) is 6.54 Å². The normalized spacial score (nSPS) is 10.6. The summed E-state index contributed by atoms with van der Waals surface area (Å²) in [4.78, 5) is 25.9. The van der Waals surface area contributed by atoms with Gasteiger partial charge in [0.15, 0.2) is 0 Å². The highest BCUT2D eigenvalue weighted by atomic mass is 35.5. The number of hydrogen-bond donors (Lipinski definition) is 2. The Hall–Kier alpha value is -2.28. The molecule has 2 amide bonds.